The Morgan fingerprint density at radius 3 is 2.64 bits per heavy atom. The highest BCUT2D eigenvalue weighted by molar-refractivity contribution is 6.07. The summed E-state index contributed by atoms with van der Waals surface area (Å²) in [4.78, 5) is 45.2. The van der Waals surface area contributed by atoms with Crippen LogP contribution in [-0.4, -0.2) is 51.3 Å². The van der Waals surface area contributed by atoms with Gasteiger partial charge in [-0.25, -0.2) is 9.78 Å². The van der Waals surface area contributed by atoms with Gasteiger partial charge in [0.2, 0.25) is 5.91 Å². The minimum absolute atomic E-state index is 0.0417. The van der Waals surface area contributed by atoms with Gasteiger partial charge < -0.3 is 15.2 Å². The molecule has 1 spiro atoms. The first-order valence-corrected chi connectivity index (χ1v) is 8.41. The summed E-state index contributed by atoms with van der Waals surface area (Å²) in [7, 11) is 0. The number of hydrogen-bond donors (Lipinski definition) is 3. The summed E-state index contributed by atoms with van der Waals surface area (Å²) in [5, 5.41) is 4.97. The largest absolute Gasteiger partial charge is 0.342 e. The molecule has 1 aromatic heterocycles. The van der Waals surface area contributed by atoms with Crippen molar-refractivity contribution in [1.29, 1.82) is 0 Å². The molecule has 2 aliphatic rings. The fraction of sp³-hybridized carbons (Fsp3) is 0.412. The Balaban J connectivity index is 1.33. The number of urea groups is 1. The molecule has 2 fully saturated rings. The molecule has 2 saturated heterocycles. The van der Waals surface area contributed by atoms with Gasteiger partial charge in [0.25, 0.3) is 5.91 Å². The average molecular weight is 341 g/mol. The van der Waals surface area contributed by atoms with Crippen molar-refractivity contribution in [3.05, 3.63) is 30.1 Å². The third-order valence-electron chi connectivity index (χ3n) is 5.00. The fourth-order valence-corrected chi connectivity index (χ4v) is 3.53. The van der Waals surface area contributed by atoms with Crippen molar-refractivity contribution in [2.75, 3.05) is 13.1 Å². The molecule has 4 rings (SSSR count). The maximum atomic E-state index is 12.4. The summed E-state index contributed by atoms with van der Waals surface area (Å²) in [6.45, 7) is 0.930. The number of rotatable bonds is 3. The molecule has 2 aromatic rings. The summed E-state index contributed by atoms with van der Waals surface area (Å²) in [5.41, 5.74) is 1.02. The van der Waals surface area contributed by atoms with E-state index < -0.39 is 11.6 Å². The lowest BCUT2D eigenvalue weighted by atomic mass is 9.87. The number of likely N-dealkylation sites (tertiary alicyclic amines) is 1. The van der Waals surface area contributed by atoms with Crippen LogP contribution >= 0.6 is 0 Å². The van der Waals surface area contributed by atoms with Crippen LogP contribution in [-0.2, 0) is 16.0 Å². The molecule has 0 radical (unpaired) electrons. The van der Waals surface area contributed by atoms with Crippen LogP contribution in [0.3, 0.4) is 0 Å². The van der Waals surface area contributed by atoms with Crippen molar-refractivity contribution in [3.8, 4) is 0 Å². The highest BCUT2D eigenvalue weighted by Gasteiger charge is 2.48. The Morgan fingerprint density at radius 2 is 1.96 bits per heavy atom. The van der Waals surface area contributed by atoms with Crippen molar-refractivity contribution < 1.29 is 14.4 Å². The summed E-state index contributed by atoms with van der Waals surface area (Å²) in [5.74, 6) is 0.553. The lowest BCUT2D eigenvalue weighted by molar-refractivity contribution is -0.135. The second kappa shape index (κ2) is 5.87. The maximum Gasteiger partial charge on any atom is 0.322 e. The summed E-state index contributed by atoms with van der Waals surface area (Å²) < 4.78 is 0. The number of amides is 4. The SMILES string of the molecule is O=C1NC(=O)C2(CCN(C(=O)CCc3nc4ccccc4[nH]3)CC2)N1. The molecule has 3 N–H and O–H groups in total. The second-order valence-corrected chi connectivity index (χ2v) is 6.57. The minimum atomic E-state index is -0.841. The number of hydrogen-bond acceptors (Lipinski definition) is 4. The molecular formula is C17H19N5O3. The number of carbonyl (C=O) groups excluding carboxylic acids is 3. The molecule has 0 unspecified atom stereocenters. The third kappa shape index (κ3) is 2.84. The van der Waals surface area contributed by atoms with Crippen molar-refractivity contribution in [2.45, 2.75) is 31.2 Å². The highest BCUT2D eigenvalue weighted by Crippen LogP contribution is 2.26. The van der Waals surface area contributed by atoms with Gasteiger partial charge in [0, 0.05) is 25.9 Å². The Morgan fingerprint density at radius 1 is 1.20 bits per heavy atom. The number of imidazole rings is 1. The van der Waals surface area contributed by atoms with E-state index in [1.165, 1.54) is 0 Å². The highest BCUT2D eigenvalue weighted by atomic mass is 16.2. The average Bonchev–Trinajstić information content (AvgIpc) is 3.14. The van der Waals surface area contributed by atoms with E-state index in [4.69, 9.17) is 0 Å². The van der Waals surface area contributed by atoms with Crippen molar-refractivity contribution in [2.24, 2.45) is 0 Å². The van der Waals surface area contributed by atoms with E-state index in [2.05, 4.69) is 20.6 Å². The van der Waals surface area contributed by atoms with Gasteiger partial charge in [-0.3, -0.25) is 14.9 Å². The minimum Gasteiger partial charge on any atom is -0.342 e. The van der Waals surface area contributed by atoms with E-state index in [0.29, 0.717) is 38.8 Å². The van der Waals surface area contributed by atoms with Gasteiger partial charge in [0.15, 0.2) is 0 Å². The number of H-pyrrole nitrogens is 1. The van der Waals surface area contributed by atoms with Gasteiger partial charge in [-0.2, -0.15) is 0 Å². The zero-order valence-electron chi connectivity index (χ0n) is 13.7. The predicted molar refractivity (Wildman–Crippen MR) is 89.6 cm³/mol. The topological polar surface area (TPSA) is 107 Å². The predicted octanol–water partition coefficient (Wildman–Crippen LogP) is 0.696. The number of para-hydroxylation sites is 2. The molecule has 0 saturated carbocycles. The first-order chi connectivity index (χ1) is 12.1. The van der Waals surface area contributed by atoms with Gasteiger partial charge in [-0.05, 0) is 25.0 Å². The number of aromatic amines is 1. The number of fused-ring (bicyclic) bond motifs is 1. The normalized spacial score (nSPS) is 19.3. The quantitative estimate of drug-likeness (QED) is 0.714. The fourth-order valence-electron chi connectivity index (χ4n) is 3.53. The molecule has 8 nitrogen and oxygen atoms in total. The smallest absolute Gasteiger partial charge is 0.322 e. The Hall–Kier alpha value is -2.90. The van der Waals surface area contributed by atoms with E-state index in [1.54, 1.807) is 4.90 Å². The molecule has 4 amide bonds. The van der Waals surface area contributed by atoms with E-state index in [-0.39, 0.29) is 11.8 Å². The van der Waals surface area contributed by atoms with Gasteiger partial charge in [0.05, 0.1) is 11.0 Å². The van der Waals surface area contributed by atoms with Crippen LogP contribution in [0.1, 0.15) is 25.1 Å². The van der Waals surface area contributed by atoms with Crippen LogP contribution in [0, 0.1) is 0 Å². The van der Waals surface area contributed by atoms with E-state index in [0.717, 1.165) is 16.9 Å². The Labute approximate surface area is 144 Å². The van der Waals surface area contributed by atoms with Gasteiger partial charge in [0.1, 0.15) is 11.4 Å². The number of aryl methyl sites for hydroxylation is 1. The van der Waals surface area contributed by atoms with Crippen molar-refractivity contribution >= 4 is 28.9 Å². The number of nitrogens with one attached hydrogen (secondary N) is 3. The van der Waals surface area contributed by atoms with Crippen LogP contribution in [0.2, 0.25) is 0 Å². The lowest BCUT2D eigenvalue weighted by Gasteiger charge is -2.37. The number of imide groups is 1. The molecule has 0 atom stereocenters. The summed E-state index contributed by atoms with van der Waals surface area (Å²) in [6.07, 6.45) is 1.81. The molecule has 25 heavy (non-hydrogen) atoms. The van der Waals surface area contributed by atoms with Gasteiger partial charge in [-0.15, -0.1) is 0 Å². The van der Waals surface area contributed by atoms with Crippen LogP contribution in [0.15, 0.2) is 24.3 Å². The number of piperidine rings is 1. The monoisotopic (exact) mass is 341 g/mol. The molecular weight excluding hydrogens is 322 g/mol. The summed E-state index contributed by atoms with van der Waals surface area (Å²) in [6, 6.07) is 7.31. The van der Waals surface area contributed by atoms with E-state index in [1.807, 2.05) is 24.3 Å². The van der Waals surface area contributed by atoms with Crippen LogP contribution < -0.4 is 10.6 Å². The molecule has 130 valence electrons. The molecule has 0 bridgehead atoms. The third-order valence-corrected chi connectivity index (χ3v) is 5.00. The lowest BCUT2D eigenvalue weighted by Crippen LogP contribution is -2.55. The van der Waals surface area contributed by atoms with Crippen molar-refractivity contribution in [3.63, 3.8) is 0 Å². The molecule has 8 heteroatoms. The van der Waals surface area contributed by atoms with Gasteiger partial charge >= 0.3 is 6.03 Å². The number of carbonyl (C=O) groups is 3. The summed E-state index contributed by atoms with van der Waals surface area (Å²) >= 11 is 0. The van der Waals surface area contributed by atoms with Crippen LogP contribution in [0.5, 0.6) is 0 Å². The first kappa shape index (κ1) is 15.6. The zero-order valence-corrected chi connectivity index (χ0v) is 13.7. The number of benzene rings is 1. The standard InChI is InChI=1S/C17H19N5O3/c23-14(6-5-13-18-11-3-1-2-4-12(11)19-13)22-9-7-17(8-10-22)15(24)20-16(25)21-17/h1-4H,5-10H2,(H,18,19)(H2,20,21,24,25). The van der Waals surface area contributed by atoms with E-state index >= 15 is 0 Å². The second-order valence-electron chi connectivity index (χ2n) is 6.57. The molecule has 3 heterocycles. The number of nitrogens with zero attached hydrogens (tertiary/aromatic N) is 2. The number of aromatic nitrogens is 2. The van der Waals surface area contributed by atoms with Crippen LogP contribution in [0.25, 0.3) is 11.0 Å². The molecule has 0 aliphatic carbocycles. The van der Waals surface area contributed by atoms with E-state index in [9.17, 15) is 14.4 Å². The Kier molecular flexibility index (Phi) is 3.67. The molecule has 1 aromatic carbocycles. The first-order valence-electron chi connectivity index (χ1n) is 8.41. The zero-order chi connectivity index (χ0) is 17.4. The Bertz CT molecular complexity index is 818. The van der Waals surface area contributed by atoms with Crippen molar-refractivity contribution in [1.82, 2.24) is 25.5 Å². The van der Waals surface area contributed by atoms with Crippen LogP contribution in [0.4, 0.5) is 4.79 Å². The maximum absolute atomic E-state index is 12.4. The molecule has 2 aliphatic heterocycles. The van der Waals surface area contributed by atoms with Gasteiger partial charge in [-0.1, -0.05) is 12.1 Å².